The van der Waals surface area contributed by atoms with E-state index in [9.17, 15) is 33.6 Å². The zero-order chi connectivity index (χ0) is 34.4. The molecule has 1 aromatic carbocycles. The molecule has 1 saturated heterocycles. The largest absolute Gasteiger partial charge is 0.469 e. The fourth-order valence-electron chi connectivity index (χ4n) is 4.75. The second-order valence-electron chi connectivity index (χ2n) is 10.4. The van der Waals surface area contributed by atoms with Crippen LogP contribution in [0.1, 0.15) is 46.1 Å². The maximum Gasteiger partial charge on any atom is 0.328 e. The molecular formula is C31H40N2O13. The highest BCUT2D eigenvalue weighted by Gasteiger charge is 2.49. The van der Waals surface area contributed by atoms with Crippen LogP contribution < -0.4 is 10.6 Å². The minimum absolute atomic E-state index is 0.0460. The lowest BCUT2D eigenvalue weighted by atomic mass is 9.93. The maximum atomic E-state index is 13.2. The molecule has 46 heavy (non-hydrogen) atoms. The number of methoxy groups -OCH3 is 2. The fourth-order valence-corrected chi connectivity index (χ4v) is 4.75. The molecule has 7 atom stereocenters. The molecule has 1 aliphatic heterocycles. The summed E-state index contributed by atoms with van der Waals surface area (Å²) in [5, 5.41) is 4.94. The first-order valence-corrected chi connectivity index (χ1v) is 14.4. The van der Waals surface area contributed by atoms with Crippen molar-refractivity contribution >= 4 is 41.7 Å². The first kappa shape index (κ1) is 37.4. The highest BCUT2D eigenvalue weighted by atomic mass is 16.6. The van der Waals surface area contributed by atoms with Crippen molar-refractivity contribution in [3.8, 4) is 0 Å². The van der Waals surface area contributed by atoms with Gasteiger partial charge >= 0.3 is 29.8 Å². The first-order chi connectivity index (χ1) is 21.7. The molecule has 1 aliphatic rings. The summed E-state index contributed by atoms with van der Waals surface area (Å²) in [6, 6.07) is 6.30. The van der Waals surface area contributed by atoms with Crippen molar-refractivity contribution in [2.24, 2.45) is 0 Å². The van der Waals surface area contributed by atoms with E-state index in [4.69, 9.17) is 23.7 Å². The van der Waals surface area contributed by atoms with E-state index < -0.39 is 90.7 Å². The normalized spacial score (nSPS) is 22.0. The van der Waals surface area contributed by atoms with Crippen LogP contribution in [-0.2, 0) is 68.4 Å². The van der Waals surface area contributed by atoms with Gasteiger partial charge in [-0.3, -0.25) is 28.8 Å². The number of hydrogen-bond acceptors (Lipinski definition) is 13. The molecule has 1 fully saturated rings. The van der Waals surface area contributed by atoms with E-state index in [-0.39, 0.29) is 12.8 Å². The van der Waals surface area contributed by atoms with Crippen molar-refractivity contribution < 1.29 is 62.0 Å². The van der Waals surface area contributed by atoms with Gasteiger partial charge in [0.2, 0.25) is 11.8 Å². The smallest absolute Gasteiger partial charge is 0.328 e. The first-order valence-electron chi connectivity index (χ1n) is 14.4. The van der Waals surface area contributed by atoms with Gasteiger partial charge in [-0.2, -0.15) is 0 Å². The van der Waals surface area contributed by atoms with Crippen LogP contribution >= 0.6 is 0 Å². The van der Waals surface area contributed by atoms with Crippen LogP contribution in [0.5, 0.6) is 0 Å². The van der Waals surface area contributed by atoms with Crippen molar-refractivity contribution in [3.05, 3.63) is 48.0 Å². The average molecular weight is 649 g/mol. The summed E-state index contributed by atoms with van der Waals surface area (Å²) < 4.78 is 31.4. The van der Waals surface area contributed by atoms with Gasteiger partial charge < -0.3 is 39.1 Å². The second-order valence-corrected chi connectivity index (χ2v) is 10.4. The number of ether oxygens (including phenoxy) is 6. The van der Waals surface area contributed by atoms with Crippen molar-refractivity contribution in [1.82, 2.24) is 10.6 Å². The summed E-state index contributed by atoms with van der Waals surface area (Å²) >= 11 is 0. The van der Waals surface area contributed by atoms with Crippen LogP contribution in [0.3, 0.4) is 0 Å². The Hall–Kier alpha value is -4.79. The molecule has 0 aliphatic carbocycles. The highest BCUT2D eigenvalue weighted by Crippen LogP contribution is 2.30. The molecule has 15 heteroatoms. The molecule has 0 aromatic heterocycles. The van der Waals surface area contributed by atoms with Gasteiger partial charge in [0.15, 0.2) is 18.3 Å². The lowest BCUT2D eigenvalue weighted by molar-refractivity contribution is -0.242. The molecule has 1 heterocycles. The Balaban J connectivity index is 2.20. The number of carbonyl (C=O) groups is 7. The Bertz CT molecular complexity index is 1280. The standard InChI is InChI=1S/C31H40N2O13/c1-17-27(44-18(2)34)29(46-20(4)36)28(45-19(3)35)24(43-17)13-10-14-25(37)32-22(16-26(38)41-5)30(39)33-23(31(40)42-6)15-21-11-8-7-9-12-21/h7-12,14,17,22-24,27-29H,13,15-16H2,1-6H3,(H,32,37)(H,33,39)/b14-10+/t17-,22-,23-,24-,27+,28+,29+/m0/s1. The molecule has 0 radical (unpaired) electrons. The number of esters is 5. The van der Waals surface area contributed by atoms with E-state index in [2.05, 4.69) is 15.4 Å². The van der Waals surface area contributed by atoms with Crippen molar-refractivity contribution in [3.63, 3.8) is 0 Å². The van der Waals surface area contributed by atoms with Gasteiger partial charge in [0.05, 0.1) is 26.7 Å². The van der Waals surface area contributed by atoms with Crippen molar-refractivity contribution in [1.29, 1.82) is 0 Å². The number of nitrogens with one attached hydrogen (secondary N) is 2. The fraction of sp³-hybridized carbons (Fsp3) is 0.516. The molecule has 252 valence electrons. The molecule has 15 nitrogen and oxygen atoms in total. The van der Waals surface area contributed by atoms with Crippen molar-refractivity contribution in [2.45, 2.75) is 89.6 Å². The highest BCUT2D eigenvalue weighted by molar-refractivity contribution is 5.96. The summed E-state index contributed by atoms with van der Waals surface area (Å²) in [5.41, 5.74) is 0.733. The van der Waals surface area contributed by atoms with Crippen LogP contribution in [0.15, 0.2) is 42.5 Å². The lowest BCUT2D eigenvalue weighted by Gasteiger charge is -2.43. The third kappa shape index (κ3) is 12.0. The van der Waals surface area contributed by atoms with E-state index in [1.165, 1.54) is 20.1 Å². The average Bonchev–Trinajstić information content (AvgIpc) is 2.99. The molecule has 0 bridgehead atoms. The van der Waals surface area contributed by atoms with Gasteiger partial charge in [-0.1, -0.05) is 36.4 Å². The molecule has 0 unspecified atom stereocenters. The topological polar surface area (TPSA) is 199 Å². The Morgan fingerprint density at radius 1 is 0.804 bits per heavy atom. The zero-order valence-corrected chi connectivity index (χ0v) is 26.5. The Labute approximate surface area is 266 Å². The zero-order valence-electron chi connectivity index (χ0n) is 26.5. The predicted octanol–water partition coefficient (Wildman–Crippen LogP) is 0.464. The maximum absolute atomic E-state index is 13.2. The minimum atomic E-state index is -1.43. The Morgan fingerprint density at radius 3 is 1.96 bits per heavy atom. The second kappa shape index (κ2) is 18.2. The van der Waals surface area contributed by atoms with E-state index in [0.717, 1.165) is 32.6 Å². The minimum Gasteiger partial charge on any atom is -0.469 e. The van der Waals surface area contributed by atoms with Crippen molar-refractivity contribution in [2.75, 3.05) is 14.2 Å². The molecule has 2 amide bonds. The van der Waals surface area contributed by atoms with Gasteiger partial charge in [0.25, 0.3) is 0 Å². The summed E-state index contributed by atoms with van der Waals surface area (Å²) in [6.45, 7) is 5.03. The summed E-state index contributed by atoms with van der Waals surface area (Å²) in [7, 11) is 2.28. The van der Waals surface area contributed by atoms with E-state index in [1.54, 1.807) is 37.3 Å². The summed E-state index contributed by atoms with van der Waals surface area (Å²) in [4.78, 5) is 86.0. The van der Waals surface area contributed by atoms with Gasteiger partial charge in [0, 0.05) is 27.2 Å². The van der Waals surface area contributed by atoms with Crippen LogP contribution in [-0.4, -0.2) is 98.5 Å². The van der Waals surface area contributed by atoms with Gasteiger partial charge in [0.1, 0.15) is 18.2 Å². The molecular weight excluding hydrogens is 608 g/mol. The number of hydrogen-bond donors (Lipinski definition) is 2. The predicted molar refractivity (Wildman–Crippen MR) is 157 cm³/mol. The van der Waals surface area contributed by atoms with E-state index >= 15 is 0 Å². The van der Waals surface area contributed by atoms with Crippen LogP contribution in [0, 0.1) is 0 Å². The quantitative estimate of drug-likeness (QED) is 0.160. The number of carbonyl (C=O) groups excluding carboxylic acids is 7. The van der Waals surface area contributed by atoms with E-state index in [0.29, 0.717) is 0 Å². The number of benzene rings is 1. The Kier molecular flexibility index (Phi) is 14.8. The lowest BCUT2D eigenvalue weighted by Crippen LogP contribution is -2.60. The third-order valence-electron chi connectivity index (χ3n) is 6.73. The van der Waals surface area contributed by atoms with Crippen LogP contribution in [0.2, 0.25) is 0 Å². The summed E-state index contributed by atoms with van der Waals surface area (Å²) in [5.74, 6) is -5.25. The van der Waals surface area contributed by atoms with Gasteiger partial charge in [-0.25, -0.2) is 4.79 Å². The van der Waals surface area contributed by atoms with Gasteiger partial charge in [-0.05, 0) is 25.0 Å². The Morgan fingerprint density at radius 2 is 1.39 bits per heavy atom. The molecule has 2 N–H and O–H groups in total. The van der Waals surface area contributed by atoms with E-state index in [1.807, 2.05) is 0 Å². The molecule has 2 rings (SSSR count). The molecule has 0 spiro atoms. The molecule has 0 saturated carbocycles. The summed E-state index contributed by atoms with van der Waals surface area (Å²) in [6.07, 6.45) is -3.28. The van der Waals surface area contributed by atoms with Gasteiger partial charge in [-0.15, -0.1) is 0 Å². The van der Waals surface area contributed by atoms with Crippen LogP contribution in [0.25, 0.3) is 0 Å². The number of amides is 2. The molecule has 1 aromatic rings. The number of rotatable bonds is 14. The monoisotopic (exact) mass is 648 g/mol. The SMILES string of the molecule is COC(=O)C[C@H](NC(=O)/C=C/C[C@@H]1O[C@@H](C)[C@@H](OC(C)=O)[C@@H](OC(C)=O)[C@@H]1OC(C)=O)C(=O)N[C@@H](Cc1ccccc1)C(=O)OC. The van der Waals surface area contributed by atoms with Crippen LogP contribution in [0.4, 0.5) is 0 Å². The third-order valence-corrected chi connectivity index (χ3v) is 6.73.